The fourth-order valence-corrected chi connectivity index (χ4v) is 3.95. The zero-order valence-electron chi connectivity index (χ0n) is 15.3. The van der Waals surface area contributed by atoms with Gasteiger partial charge in [0.2, 0.25) is 5.91 Å². The lowest BCUT2D eigenvalue weighted by Crippen LogP contribution is -2.23. The molecule has 0 fully saturated rings. The summed E-state index contributed by atoms with van der Waals surface area (Å²) in [6.45, 7) is 2.76. The van der Waals surface area contributed by atoms with Crippen LogP contribution in [0, 0.1) is 0 Å². The number of benzene rings is 2. The van der Waals surface area contributed by atoms with Crippen molar-refractivity contribution in [3.63, 3.8) is 0 Å². The Hall–Kier alpha value is -2.31. The van der Waals surface area contributed by atoms with Crippen LogP contribution in [0.5, 0.6) is 11.5 Å². The van der Waals surface area contributed by atoms with Crippen molar-refractivity contribution < 1.29 is 14.3 Å². The number of carbonyl (C=O) groups is 1. The number of thiazole rings is 1. The molecule has 3 rings (SSSR count). The van der Waals surface area contributed by atoms with E-state index in [1.807, 2.05) is 37.3 Å². The minimum atomic E-state index is -0.0294. The Bertz CT molecular complexity index is 909. The molecule has 3 aromatic rings. The summed E-state index contributed by atoms with van der Waals surface area (Å²) in [6.07, 6.45) is 1.01. The first-order valence-electron chi connectivity index (χ1n) is 8.71. The summed E-state index contributed by atoms with van der Waals surface area (Å²) in [6, 6.07) is 11.6. The van der Waals surface area contributed by atoms with Crippen LogP contribution in [-0.4, -0.2) is 24.6 Å². The number of carbonyl (C=O) groups excluding carboxylic acids is 1. The number of nitrogens with one attached hydrogen (secondary N) is 1. The van der Waals surface area contributed by atoms with Gasteiger partial charge in [0.15, 0.2) is 11.5 Å². The number of rotatable bonds is 8. The van der Waals surface area contributed by atoms with Gasteiger partial charge in [-0.1, -0.05) is 23.7 Å². The van der Waals surface area contributed by atoms with Crippen molar-refractivity contribution in [3.8, 4) is 11.5 Å². The van der Waals surface area contributed by atoms with Gasteiger partial charge in [-0.3, -0.25) is 4.79 Å². The van der Waals surface area contributed by atoms with Crippen LogP contribution < -0.4 is 14.8 Å². The van der Waals surface area contributed by atoms with Gasteiger partial charge < -0.3 is 14.8 Å². The van der Waals surface area contributed by atoms with Crippen molar-refractivity contribution in [3.05, 3.63) is 52.0 Å². The second-order valence-corrected chi connectivity index (χ2v) is 7.42. The summed E-state index contributed by atoms with van der Waals surface area (Å²) in [7, 11) is 1.56. The molecule has 0 aliphatic carbocycles. The largest absolute Gasteiger partial charge is 0.493 e. The Labute approximate surface area is 167 Å². The third-order valence-electron chi connectivity index (χ3n) is 3.97. The summed E-state index contributed by atoms with van der Waals surface area (Å²) >= 11 is 7.89. The molecule has 7 heteroatoms. The zero-order valence-corrected chi connectivity index (χ0v) is 16.8. The molecule has 0 radical (unpaired) electrons. The number of halogens is 1. The van der Waals surface area contributed by atoms with Crippen molar-refractivity contribution in [1.29, 1.82) is 0 Å². The monoisotopic (exact) mass is 404 g/mol. The predicted molar refractivity (Wildman–Crippen MR) is 109 cm³/mol. The Morgan fingerprint density at radius 2 is 2.11 bits per heavy atom. The third-order valence-corrected chi connectivity index (χ3v) is 5.35. The van der Waals surface area contributed by atoms with Gasteiger partial charge in [-0.2, -0.15) is 0 Å². The van der Waals surface area contributed by atoms with E-state index in [9.17, 15) is 4.79 Å². The SMILES string of the molecule is CCOc1c(Cl)cc(CNC(=O)CCc2nc3ccccc3s2)cc1OC. The average molecular weight is 405 g/mol. The summed E-state index contributed by atoms with van der Waals surface area (Å²) in [5, 5.41) is 4.35. The number of hydrogen-bond donors (Lipinski definition) is 1. The quantitative estimate of drug-likeness (QED) is 0.595. The van der Waals surface area contributed by atoms with Gasteiger partial charge in [-0.05, 0) is 36.8 Å². The van der Waals surface area contributed by atoms with E-state index in [1.54, 1.807) is 24.5 Å². The lowest BCUT2D eigenvalue weighted by Gasteiger charge is -2.13. The van der Waals surface area contributed by atoms with Gasteiger partial charge in [-0.15, -0.1) is 11.3 Å². The molecule has 142 valence electrons. The van der Waals surface area contributed by atoms with E-state index in [1.165, 1.54) is 0 Å². The molecular formula is C20H21ClN2O3S. The maximum absolute atomic E-state index is 12.2. The second kappa shape index (κ2) is 9.06. The number of hydrogen-bond acceptors (Lipinski definition) is 5. The Morgan fingerprint density at radius 1 is 1.30 bits per heavy atom. The van der Waals surface area contributed by atoms with Crippen LogP contribution in [0.3, 0.4) is 0 Å². The first-order chi connectivity index (χ1) is 13.1. The molecule has 1 heterocycles. The van der Waals surface area contributed by atoms with Crippen LogP contribution in [0.2, 0.25) is 5.02 Å². The Kier molecular flexibility index (Phi) is 6.53. The van der Waals surface area contributed by atoms with Crippen molar-refractivity contribution in [1.82, 2.24) is 10.3 Å². The van der Waals surface area contributed by atoms with E-state index in [-0.39, 0.29) is 5.91 Å². The lowest BCUT2D eigenvalue weighted by atomic mass is 10.2. The molecule has 0 unspecified atom stereocenters. The normalized spacial score (nSPS) is 10.8. The maximum atomic E-state index is 12.2. The summed E-state index contributed by atoms with van der Waals surface area (Å²) in [5.74, 6) is 1.05. The fourth-order valence-electron chi connectivity index (χ4n) is 2.70. The standard InChI is InChI=1S/C20H21ClN2O3S/c1-3-26-20-14(21)10-13(11-16(20)25-2)12-22-18(24)8-9-19-23-15-6-4-5-7-17(15)27-19/h4-7,10-11H,3,8-9,12H2,1-2H3,(H,22,24). The number of fused-ring (bicyclic) bond motifs is 1. The van der Waals surface area contributed by atoms with Gasteiger partial charge in [0.1, 0.15) is 0 Å². The minimum Gasteiger partial charge on any atom is -0.493 e. The van der Waals surface area contributed by atoms with Gasteiger partial charge in [0.25, 0.3) is 0 Å². The molecule has 0 bridgehead atoms. The second-order valence-electron chi connectivity index (χ2n) is 5.89. The molecule has 27 heavy (non-hydrogen) atoms. The van der Waals surface area contributed by atoms with E-state index in [2.05, 4.69) is 10.3 Å². The van der Waals surface area contributed by atoms with Crippen molar-refractivity contribution in [2.24, 2.45) is 0 Å². The van der Waals surface area contributed by atoms with Crippen LogP contribution in [0.1, 0.15) is 23.9 Å². The first-order valence-corrected chi connectivity index (χ1v) is 9.90. The molecule has 2 aromatic carbocycles. The third kappa shape index (κ3) is 4.90. The van der Waals surface area contributed by atoms with Crippen LogP contribution in [-0.2, 0) is 17.8 Å². The maximum Gasteiger partial charge on any atom is 0.220 e. The highest BCUT2D eigenvalue weighted by atomic mass is 35.5. The zero-order chi connectivity index (χ0) is 19.2. The lowest BCUT2D eigenvalue weighted by molar-refractivity contribution is -0.121. The van der Waals surface area contributed by atoms with Crippen molar-refractivity contribution in [2.75, 3.05) is 13.7 Å². The minimum absolute atomic E-state index is 0.0294. The van der Waals surface area contributed by atoms with Gasteiger partial charge in [-0.25, -0.2) is 4.98 Å². The molecule has 0 aliphatic heterocycles. The summed E-state index contributed by atoms with van der Waals surface area (Å²) in [5.41, 5.74) is 1.84. The van der Waals surface area contributed by atoms with E-state index in [0.29, 0.717) is 42.5 Å². The fraction of sp³-hybridized carbons (Fsp3) is 0.300. The Morgan fingerprint density at radius 3 is 2.85 bits per heavy atom. The van der Waals surface area contributed by atoms with Gasteiger partial charge >= 0.3 is 0 Å². The molecule has 0 saturated carbocycles. The molecule has 0 aliphatic rings. The Balaban J connectivity index is 1.56. The van der Waals surface area contributed by atoms with Crippen LogP contribution in [0.25, 0.3) is 10.2 Å². The summed E-state index contributed by atoms with van der Waals surface area (Å²) in [4.78, 5) is 16.7. The molecule has 1 N–H and O–H groups in total. The van der Waals surface area contributed by atoms with E-state index >= 15 is 0 Å². The van der Waals surface area contributed by atoms with Gasteiger partial charge in [0.05, 0.1) is 34.0 Å². The topological polar surface area (TPSA) is 60.5 Å². The van der Waals surface area contributed by atoms with Crippen molar-refractivity contribution in [2.45, 2.75) is 26.3 Å². The average Bonchev–Trinajstić information content (AvgIpc) is 3.09. The van der Waals surface area contributed by atoms with Crippen LogP contribution >= 0.6 is 22.9 Å². The van der Waals surface area contributed by atoms with E-state index < -0.39 is 0 Å². The van der Waals surface area contributed by atoms with Gasteiger partial charge in [0, 0.05) is 19.4 Å². The molecule has 0 atom stereocenters. The van der Waals surface area contributed by atoms with Crippen LogP contribution in [0.15, 0.2) is 36.4 Å². The smallest absolute Gasteiger partial charge is 0.220 e. The predicted octanol–water partition coefficient (Wildman–Crippen LogP) is 4.61. The number of ether oxygens (including phenoxy) is 2. The molecule has 1 amide bonds. The molecular weight excluding hydrogens is 384 g/mol. The number of nitrogens with zero attached hydrogens (tertiary/aromatic N) is 1. The van der Waals surface area contributed by atoms with Crippen molar-refractivity contribution >= 4 is 39.1 Å². The highest BCUT2D eigenvalue weighted by molar-refractivity contribution is 7.18. The number of aryl methyl sites for hydroxylation is 1. The van der Waals surface area contributed by atoms with Crippen LogP contribution in [0.4, 0.5) is 0 Å². The molecule has 0 spiro atoms. The summed E-state index contributed by atoms with van der Waals surface area (Å²) < 4.78 is 12.0. The highest BCUT2D eigenvalue weighted by Gasteiger charge is 2.12. The highest BCUT2D eigenvalue weighted by Crippen LogP contribution is 2.36. The first kappa shape index (κ1) is 19.5. The number of methoxy groups -OCH3 is 1. The molecule has 1 aromatic heterocycles. The molecule has 0 saturated heterocycles. The molecule has 5 nitrogen and oxygen atoms in total. The number of amides is 1. The number of aromatic nitrogens is 1. The van der Waals surface area contributed by atoms with E-state index in [4.69, 9.17) is 21.1 Å². The number of para-hydroxylation sites is 1. The van der Waals surface area contributed by atoms with E-state index in [0.717, 1.165) is 20.8 Å².